The monoisotopic (exact) mass is 413 g/mol. The zero-order valence-electron chi connectivity index (χ0n) is 18.4. The van der Waals surface area contributed by atoms with Gasteiger partial charge < -0.3 is 9.64 Å². The molecule has 31 heavy (non-hydrogen) atoms. The van der Waals surface area contributed by atoms with E-state index >= 15 is 0 Å². The van der Waals surface area contributed by atoms with E-state index in [9.17, 15) is 9.59 Å². The summed E-state index contributed by atoms with van der Waals surface area (Å²) in [5, 5.41) is 0. The standard InChI is InChI=1S/C27H27NO3/c1-18(26(30)31-27(2,3)4)20-14-15-24(23(16-20)19-10-6-5-7-11-19)28-17-21-12-8-9-13-22(21)25(28)29/h5-16,18H,17H2,1-4H3. The minimum absolute atomic E-state index is 0.000668. The quantitative estimate of drug-likeness (QED) is 0.496. The lowest BCUT2D eigenvalue weighted by atomic mass is 9.94. The van der Waals surface area contributed by atoms with E-state index in [2.05, 4.69) is 0 Å². The van der Waals surface area contributed by atoms with Gasteiger partial charge in [0.05, 0.1) is 18.2 Å². The minimum atomic E-state index is -0.540. The summed E-state index contributed by atoms with van der Waals surface area (Å²) in [6.07, 6.45) is 0. The molecule has 4 heteroatoms. The Labute approximate surface area is 183 Å². The van der Waals surface area contributed by atoms with Crippen molar-refractivity contribution in [1.82, 2.24) is 0 Å². The van der Waals surface area contributed by atoms with Gasteiger partial charge in [-0.1, -0.05) is 54.6 Å². The SMILES string of the molecule is CC(C(=O)OC(C)(C)C)c1ccc(N2Cc3ccccc3C2=O)c(-c2ccccc2)c1. The first-order chi connectivity index (χ1) is 14.7. The Kier molecular flexibility index (Phi) is 5.40. The summed E-state index contributed by atoms with van der Waals surface area (Å²) in [7, 11) is 0. The molecule has 4 nitrogen and oxygen atoms in total. The number of fused-ring (bicyclic) bond motifs is 1. The molecule has 0 bridgehead atoms. The Balaban J connectivity index is 1.75. The predicted octanol–water partition coefficient (Wildman–Crippen LogP) is 5.96. The predicted molar refractivity (Wildman–Crippen MR) is 123 cm³/mol. The number of esters is 1. The van der Waals surface area contributed by atoms with Crippen LogP contribution in [0.4, 0.5) is 5.69 Å². The van der Waals surface area contributed by atoms with Gasteiger partial charge in [-0.05, 0) is 62.6 Å². The molecule has 0 fully saturated rings. The third-order valence-electron chi connectivity index (χ3n) is 5.48. The molecule has 3 aromatic rings. The Morgan fingerprint density at radius 3 is 2.29 bits per heavy atom. The highest BCUT2D eigenvalue weighted by Gasteiger charge is 2.30. The number of amides is 1. The Hall–Kier alpha value is -3.40. The van der Waals surface area contributed by atoms with Crippen molar-refractivity contribution >= 4 is 17.6 Å². The summed E-state index contributed by atoms with van der Waals surface area (Å²) in [5.74, 6) is -0.674. The van der Waals surface area contributed by atoms with Crippen LogP contribution in [0.15, 0.2) is 72.8 Å². The molecular formula is C27H27NO3. The first-order valence-electron chi connectivity index (χ1n) is 10.6. The lowest BCUT2D eigenvalue weighted by Crippen LogP contribution is -2.27. The summed E-state index contributed by atoms with van der Waals surface area (Å²) in [4.78, 5) is 27.6. The second-order valence-corrected chi connectivity index (χ2v) is 8.95. The highest BCUT2D eigenvalue weighted by atomic mass is 16.6. The van der Waals surface area contributed by atoms with Gasteiger partial charge in [0.15, 0.2) is 0 Å². The van der Waals surface area contributed by atoms with Gasteiger partial charge in [0.25, 0.3) is 5.91 Å². The van der Waals surface area contributed by atoms with Crippen LogP contribution in [0, 0.1) is 0 Å². The van der Waals surface area contributed by atoms with Crippen molar-refractivity contribution in [2.75, 3.05) is 4.90 Å². The van der Waals surface area contributed by atoms with Gasteiger partial charge in [-0.25, -0.2) is 0 Å². The van der Waals surface area contributed by atoms with Crippen LogP contribution in [0.2, 0.25) is 0 Å². The van der Waals surface area contributed by atoms with Crippen molar-refractivity contribution in [3.8, 4) is 11.1 Å². The molecule has 1 aliphatic rings. The van der Waals surface area contributed by atoms with Crippen LogP contribution in [0.5, 0.6) is 0 Å². The van der Waals surface area contributed by atoms with Gasteiger partial charge in [-0.15, -0.1) is 0 Å². The number of nitrogens with zero attached hydrogens (tertiary/aromatic N) is 1. The van der Waals surface area contributed by atoms with E-state index in [0.29, 0.717) is 6.54 Å². The van der Waals surface area contributed by atoms with Crippen LogP contribution in [0.25, 0.3) is 11.1 Å². The fourth-order valence-corrected chi connectivity index (χ4v) is 3.88. The molecule has 158 valence electrons. The van der Waals surface area contributed by atoms with Crippen LogP contribution >= 0.6 is 0 Å². The molecule has 0 radical (unpaired) electrons. The largest absolute Gasteiger partial charge is 0.460 e. The minimum Gasteiger partial charge on any atom is -0.460 e. The summed E-state index contributed by atoms with van der Waals surface area (Å²) in [6.45, 7) is 8.00. The molecule has 3 aromatic carbocycles. The van der Waals surface area contributed by atoms with Crippen LogP contribution in [0.1, 0.15) is 55.1 Å². The van der Waals surface area contributed by atoms with Crippen molar-refractivity contribution < 1.29 is 14.3 Å². The highest BCUT2D eigenvalue weighted by molar-refractivity contribution is 6.11. The molecule has 0 N–H and O–H groups in total. The summed E-state index contributed by atoms with van der Waals surface area (Å²) in [6, 6.07) is 23.6. The fraction of sp³-hybridized carbons (Fsp3) is 0.259. The highest BCUT2D eigenvalue weighted by Crippen LogP contribution is 2.38. The van der Waals surface area contributed by atoms with Gasteiger partial charge in [0.2, 0.25) is 0 Å². The number of carbonyl (C=O) groups is 2. The average molecular weight is 414 g/mol. The molecule has 0 aromatic heterocycles. The number of anilines is 1. The van der Waals surface area contributed by atoms with Gasteiger partial charge >= 0.3 is 5.97 Å². The van der Waals surface area contributed by atoms with Gasteiger partial charge in [-0.2, -0.15) is 0 Å². The molecule has 1 amide bonds. The molecule has 4 rings (SSSR count). The van der Waals surface area contributed by atoms with Crippen LogP contribution in [-0.4, -0.2) is 17.5 Å². The zero-order valence-corrected chi connectivity index (χ0v) is 18.4. The number of carbonyl (C=O) groups excluding carboxylic acids is 2. The van der Waals surface area contributed by atoms with Crippen molar-refractivity contribution in [3.63, 3.8) is 0 Å². The van der Waals surface area contributed by atoms with Crippen molar-refractivity contribution in [2.45, 2.75) is 45.8 Å². The van der Waals surface area contributed by atoms with Crippen LogP contribution < -0.4 is 4.90 Å². The number of benzene rings is 3. The Morgan fingerprint density at radius 2 is 1.61 bits per heavy atom. The van der Waals surface area contributed by atoms with Crippen molar-refractivity contribution in [3.05, 3.63) is 89.5 Å². The molecule has 0 aliphatic carbocycles. The van der Waals surface area contributed by atoms with E-state index < -0.39 is 11.5 Å². The smallest absolute Gasteiger partial charge is 0.313 e. The second-order valence-electron chi connectivity index (χ2n) is 8.95. The number of rotatable bonds is 4. The maximum absolute atomic E-state index is 13.1. The number of hydrogen-bond acceptors (Lipinski definition) is 3. The molecule has 1 heterocycles. The van der Waals surface area contributed by atoms with Crippen molar-refractivity contribution in [1.29, 1.82) is 0 Å². The maximum Gasteiger partial charge on any atom is 0.313 e. The van der Waals surface area contributed by atoms with Gasteiger partial charge in [-0.3, -0.25) is 9.59 Å². The third kappa shape index (κ3) is 4.24. The zero-order chi connectivity index (χ0) is 22.2. The first-order valence-corrected chi connectivity index (χ1v) is 10.6. The van der Waals surface area contributed by atoms with E-state index in [1.807, 2.05) is 105 Å². The molecule has 1 aliphatic heterocycles. The van der Waals surface area contributed by atoms with E-state index in [-0.39, 0.29) is 11.9 Å². The van der Waals surface area contributed by atoms with Gasteiger partial charge in [0.1, 0.15) is 5.60 Å². The van der Waals surface area contributed by atoms with E-state index in [0.717, 1.165) is 33.5 Å². The lowest BCUT2D eigenvalue weighted by molar-refractivity contribution is -0.156. The molecular weight excluding hydrogens is 386 g/mol. The molecule has 1 unspecified atom stereocenters. The molecule has 0 saturated heterocycles. The van der Waals surface area contributed by atoms with Crippen LogP contribution in [0.3, 0.4) is 0 Å². The Bertz CT molecular complexity index is 1130. The van der Waals surface area contributed by atoms with Gasteiger partial charge in [0, 0.05) is 11.1 Å². The Morgan fingerprint density at radius 1 is 0.935 bits per heavy atom. The normalized spacial score (nSPS) is 14.3. The summed E-state index contributed by atoms with van der Waals surface area (Å²) < 4.78 is 5.59. The van der Waals surface area contributed by atoms with Crippen LogP contribution in [-0.2, 0) is 16.1 Å². The van der Waals surface area contributed by atoms with E-state index in [4.69, 9.17) is 4.74 Å². The second kappa shape index (κ2) is 8.03. The number of ether oxygens (including phenoxy) is 1. The van der Waals surface area contributed by atoms with E-state index in [1.54, 1.807) is 0 Å². The lowest BCUT2D eigenvalue weighted by Gasteiger charge is -2.24. The number of hydrogen-bond donors (Lipinski definition) is 0. The molecule has 1 atom stereocenters. The summed E-state index contributed by atoms with van der Waals surface area (Å²) in [5.41, 5.74) is 4.86. The fourth-order valence-electron chi connectivity index (χ4n) is 3.88. The van der Waals surface area contributed by atoms with Crippen molar-refractivity contribution in [2.24, 2.45) is 0 Å². The molecule has 0 saturated carbocycles. The molecule has 0 spiro atoms. The first kappa shape index (κ1) is 20.9. The maximum atomic E-state index is 13.1. The summed E-state index contributed by atoms with van der Waals surface area (Å²) >= 11 is 0. The average Bonchev–Trinajstić information content (AvgIpc) is 3.09. The topological polar surface area (TPSA) is 46.6 Å². The van der Waals surface area contributed by atoms with E-state index in [1.165, 1.54) is 0 Å². The third-order valence-corrected chi connectivity index (χ3v) is 5.48.